The number of ether oxygens (including phenoxy) is 2. The molecule has 6 aliphatic rings. The van der Waals surface area contributed by atoms with Gasteiger partial charge in [-0.05, 0) is 129 Å². The fraction of sp³-hybridized carbons (Fsp3) is 0.577. The molecule has 6 aliphatic heterocycles. The Hall–Kier alpha value is -4.04. The van der Waals surface area contributed by atoms with Crippen LogP contribution in [0.1, 0.15) is 120 Å². The molecular formula is C52H76N4O11S2. The van der Waals surface area contributed by atoms with E-state index < -0.39 is 32.7 Å². The van der Waals surface area contributed by atoms with Gasteiger partial charge in [0.1, 0.15) is 11.5 Å². The van der Waals surface area contributed by atoms with Crippen molar-refractivity contribution in [1.82, 2.24) is 19.8 Å². The van der Waals surface area contributed by atoms with Crippen LogP contribution in [0.5, 0.6) is 11.5 Å². The molecule has 0 amide bonds. The Kier molecular flexibility index (Phi) is 21.8. The number of hydrogen-bond acceptors (Lipinski definition) is 12. The van der Waals surface area contributed by atoms with E-state index in [0.29, 0.717) is 30.1 Å². The second-order valence-corrected chi connectivity index (χ2v) is 21.3. The van der Waals surface area contributed by atoms with E-state index in [1.165, 1.54) is 57.8 Å². The maximum Gasteiger partial charge on any atom is 0.394 e. The average Bonchev–Trinajstić information content (AvgIpc) is 3.35. The molecule has 4 bridgehead atoms. The maximum absolute atomic E-state index is 11.2. The lowest BCUT2D eigenvalue weighted by molar-refractivity contribution is -0.0445. The molecule has 382 valence electrons. The van der Waals surface area contributed by atoms with E-state index in [1.807, 2.05) is 48.5 Å². The quantitative estimate of drug-likeness (QED) is 0.0336. The molecule has 15 nitrogen and oxygen atoms in total. The molecule has 17 heteroatoms. The molecular weight excluding hydrogens is 921 g/mol. The van der Waals surface area contributed by atoms with Gasteiger partial charge in [0.05, 0.1) is 43.2 Å². The van der Waals surface area contributed by atoms with Crippen LogP contribution in [0, 0.1) is 23.7 Å². The first-order valence-corrected chi connectivity index (χ1v) is 27.6. The van der Waals surface area contributed by atoms with Crippen LogP contribution >= 0.6 is 0 Å². The van der Waals surface area contributed by atoms with E-state index in [1.54, 1.807) is 26.6 Å². The summed E-state index contributed by atoms with van der Waals surface area (Å²) >= 11 is 0. The Morgan fingerprint density at radius 3 is 1.38 bits per heavy atom. The Bertz CT molecular complexity index is 2340. The van der Waals surface area contributed by atoms with Crippen LogP contribution in [0.2, 0.25) is 0 Å². The molecule has 8 heterocycles. The van der Waals surface area contributed by atoms with Gasteiger partial charge in [-0.3, -0.25) is 33.4 Å². The van der Waals surface area contributed by atoms with Gasteiger partial charge >= 0.3 is 10.4 Å². The summed E-state index contributed by atoms with van der Waals surface area (Å²) in [5.41, 5.74) is 3.69. The molecule has 10 rings (SSSR count). The Morgan fingerprint density at radius 2 is 1.04 bits per heavy atom. The molecule has 0 aliphatic carbocycles. The SMILES string of the molecule is C=C[C@H]1CN2CC[C@H]1C[C@H]2[C@H](O)c1ccnc2ccc(OC)cc12.C=C[C@H]1CN2CC[C@H]1C[C@H]2[C@H](O)c1ccnc2ccc(OC)cc12.CCCCCCCCCCCCS(=O)(=O)O.O=S(=O)(O)O. The minimum Gasteiger partial charge on any atom is -0.497 e. The van der Waals surface area contributed by atoms with Gasteiger partial charge < -0.3 is 19.7 Å². The number of aliphatic hydroxyl groups is 2. The highest BCUT2D eigenvalue weighted by atomic mass is 32.3. The van der Waals surface area contributed by atoms with Crippen molar-refractivity contribution in [2.45, 2.75) is 121 Å². The number of methoxy groups -OCH3 is 2. The van der Waals surface area contributed by atoms with Crippen LogP contribution in [0.4, 0.5) is 0 Å². The van der Waals surface area contributed by atoms with E-state index in [4.69, 9.17) is 31.5 Å². The van der Waals surface area contributed by atoms with Crippen LogP contribution in [0.25, 0.3) is 21.8 Å². The molecule has 2 aromatic heterocycles. The monoisotopic (exact) mass is 996 g/mol. The van der Waals surface area contributed by atoms with Crippen LogP contribution in [-0.4, -0.2) is 119 Å². The molecule has 4 aromatic rings. The summed E-state index contributed by atoms with van der Waals surface area (Å²) < 4.78 is 71.6. The summed E-state index contributed by atoms with van der Waals surface area (Å²) in [6, 6.07) is 15.9. The van der Waals surface area contributed by atoms with Gasteiger partial charge in [-0.1, -0.05) is 76.9 Å². The zero-order chi connectivity index (χ0) is 50.1. The van der Waals surface area contributed by atoms with Crippen LogP contribution in [0.3, 0.4) is 0 Å². The van der Waals surface area contributed by atoms with E-state index in [-0.39, 0.29) is 17.8 Å². The number of piperidine rings is 6. The maximum atomic E-state index is 11.2. The summed E-state index contributed by atoms with van der Waals surface area (Å²) in [7, 11) is -5.08. The third kappa shape index (κ3) is 16.8. The standard InChI is InChI=1S/2C20H24N2O2.C12H26O3S.H2O4S/c2*1-3-13-12-22-9-7-14(13)10-19(22)20(23)16-6-8-21-18-5-4-15(24-2)11-17(16)18;1-2-3-4-5-6-7-8-9-10-11-12-16(13,14)15;1-5(2,3)4/h2*3-6,8,11,13-14,19-20,23H,1,7,9-10,12H2,2H3;2-12H2,1H3,(H,13,14,15);(H2,1,2,3,4)/t2*13-,14-,19-,20+;;/m00../s1. The molecule has 5 N–H and O–H groups in total. The number of nitrogens with zero attached hydrogens (tertiary/aromatic N) is 4. The first-order valence-electron chi connectivity index (χ1n) is 24.6. The predicted octanol–water partition coefficient (Wildman–Crippen LogP) is 9.49. The van der Waals surface area contributed by atoms with Crippen molar-refractivity contribution in [1.29, 1.82) is 0 Å². The van der Waals surface area contributed by atoms with E-state index in [0.717, 1.165) is 96.3 Å². The fourth-order valence-electron chi connectivity index (χ4n) is 10.7. The highest BCUT2D eigenvalue weighted by Crippen LogP contribution is 2.44. The van der Waals surface area contributed by atoms with Crippen molar-refractivity contribution in [2.24, 2.45) is 23.7 Å². The van der Waals surface area contributed by atoms with Gasteiger partial charge in [0.25, 0.3) is 10.1 Å². The van der Waals surface area contributed by atoms with Gasteiger partial charge in [0, 0.05) is 48.3 Å². The topological polar surface area (TPSA) is 220 Å². The van der Waals surface area contributed by atoms with E-state index >= 15 is 0 Å². The third-order valence-corrected chi connectivity index (χ3v) is 15.2. The Balaban J connectivity index is 0.000000188. The van der Waals surface area contributed by atoms with Crippen molar-refractivity contribution in [3.05, 3.63) is 97.4 Å². The first-order chi connectivity index (χ1) is 33.0. The first kappa shape index (κ1) is 55.9. The van der Waals surface area contributed by atoms with E-state index in [9.17, 15) is 18.6 Å². The molecule has 0 radical (unpaired) electrons. The van der Waals surface area contributed by atoms with Gasteiger partial charge in [-0.15, -0.1) is 13.2 Å². The lowest BCUT2D eigenvalue weighted by Gasteiger charge is -2.50. The number of aliphatic hydroxyl groups excluding tert-OH is 2. The zero-order valence-corrected chi connectivity index (χ0v) is 42.3. The summed E-state index contributed by atoms with van der Waals surface area (Å²) in [5.74, 6) is 3.93. The minimum atomic E-state index is -4.67. The smallest absolute Gasteiger partial charge is 0.394 e. The fourth-order valence-corrected chi connectivity index (χ4v) is 11.2. The molecule has 2 unspecified atom stereocenters. The minimum absolute atomic E-state index is 0.0799. The summed E-state index contributed by atoms with van der Waals surface area (Å²) in [4.78, 5) is 13.7. The average molecular weight is 997 g/mol. The number of hydrogen-bond donors (Lipinski definition) is 5. The van der Waals surface area contributed by atoms with Crippen molar-refractivity contribution in [3.63, 3.8) is 0 Å². The van der Waals surface area contributed by atoms with Crippen molar-refractivity contribution in [3.8, 4) is 11.5 Å². The summed E-state index contributed by atoms with van der Waals surface area (Å²) in [6.07, 6.45) is 22.9. The molecule has 0 saturated carbocycles. The zero-order valence-electron chi connectivity index (χ0n) is 40.7. The highest BCUT2D eigenvalue weighted by molar-refractivity contribution is 7.85. The summed E-state index contributed by atoms with van der Waals surface area (Å²) in [6.45, 7) is 14.4. The van der Waals surface area contributed by atoms with Gasteiger partial charge in [-0.2, -0.15) is 16.8 Å². The molecule has 2 aromatic carbocycles. The second-order valence-electron chi connectivity index (χ2n) is 18.9. The number of aromatic nitrogens is 2. The molecule has 69 heavy (non-hydrogen) atoms. The van der Waals surface area contributed by atoms with Gasteiger partial charge in [-0.25, -0.2) is 0 Å². The van der Waals surface area contributed by atoms with E-state index in [2.05, 4.69) is 52.0 Å². The van der Waals surface area contributed by atoms with Crippen molar-refractivity contribution in [2.75, 3.05) is 46.2 Å². The third-order valence-electron chi connectivity index (χ3n) is 14.4. The van der Waals surface area contributed by atoms with Gasteiger partial charge in [0.2, 0.25) is 0 Å². The molecule has 10 atom stereocenters. The number of benzene rings is 2. The lowest BCUT2D eigenvalue weighted by atomic mass is 9.73. The lowest BCUT2D eigenvalue weighted by Crippen LogP contribution is -2.54. The number of rotatable bonds is 19. The normalized spacial score (nSPS) is 24.6. The molecule has 6 saturated heterocycles. The number of unbranched alkanes of at least 4 members (excludes halogenated alkanes) is 9. The second kappa shape index (κ2) is 27.0. The highest BCUT2D eigenvalue weighted by Gasteiger charge is 2.43. The van der Waals surface area contributed by atoms with Crippen LogP contribution in [-0.2, 0) is 20.5 Å². The predicted molar refractivity (Wildman–Crippen MR) is 272 cm³/mol. The molecule has 0 spiro atoms. The van der Waals surface area contributed by atoms with Crippen LogP contribution < -0.4 is 9.47 Å². The largest absolute Gasteiger partial charge is 0.497 e. The summed E-state index contributed by atoms with van der Waals surface area (Å²) in [5, 5.41) is 24.3. The Morgan fingerprint density at radius 1 is 0.652 bits per heavy atom. The van der Waals surface area contributed by atoms with Crippen molar-refractivity contribution < 1.29 is 50.2 Å². The van der Waals surface area contributed by atoms with Gasteiger partial charge in [0.15, 0.2) is 0 Å². The number of fused-ring (bicyclic) bond motifs is 8. The Labute approximate surface area is 410 Å². The number of pyridine rings is 2. The van der Waals surface area contributed by atoms with Crippen molar-refractivity contribution >= 4 is 42.3 Å². The van der Waals surface area contributed by atoms with Crippen LogP contribution in [0.15, 0.2) is 86.2 Å². The molecule has 6 fully saturated rings.